The molecule has 0 aliphatic carbocycles. The lowest BCUT2D eigenvalue weighted by Crippen LogP contribution is -2.09. The van der Waals surface area contributed by atoms with Crippen LogP contribution < -0.4 is 0 Å². The van der Waals surface area contributed by atoms with Crippen molar-refractivity contribution in [2.45, 2.75) is 12.3 Å². The maximum atomic E-state index is 11.9. The van der Waals surface area contributed by atoms with Crippen LogP contribution in [0.4, 0.5) is 0 Å². The summed E-state index contributed by atoms with van der Waals surface area (Å²) in [5, 5.41) is 9.91. The molecule has 3 aromatic heterocycles. The minimum absolute atomic E-state index is 0.277. The number of thiophene rings is 1. The van der Waals surface area contributed by atoms with Crippen molar-refractivity contribution in [1.82, 2.24) is 19.9 Å². The van der Waals surface area contributed by atoms with Crippen LogP contribution in [0.5, 0.6) is 0 Å². The smallest absolute Gasteiger partial charge is 0.239 e. The van der Waals surface area contributed by atoms with Gasteiger partial charge in [0, 0.05) is 28.9 Å². The molecular weight excluding hydrogens is 296 g/mol. The van der Waals surface area contributed by atoms with Crippen molar-refractivity contribution in [1.29, 1.82) is 0 Å². The van der Waals surface area contributed by atoms with E-state index in [1.54, 1.807) is 22.2 Å². The highest BCUT2D eigenvalue weighted by Gasteiger charge is 2.12. The van der Waals surface area contributed by atoms with Gasteiger partial charge in [-0.3, -0.25) is 8.89 Å². The van der Waals surface area contributed by atoms with Crippen LogP contribution in [0.15, 0.2) is 40.5 Å². The topological polar surface area (TPSA) is 73.8 Å². The third kappa shape index (κ3) is 3.20. The van der Waals surface area contributed by atoms with E-state index in [1.165, 1.54) is 0 Å². The molecule has 3 aromatic rings. The third-order valence-corrected chi connectivity index (χ3v) is 4.67. The maximum absolute atomic E-state index is 11.9. The van der Waals surface area contributed by atoms with Crippen LogP contribution in [-0.4, -0.2) is 29.9 Å². The van der Waals surface area contributed by atoms with Crippen molar-refractivity contribution in [3.05, 3.63) is 41.9 Å². The number of aromatic nitrogens is 4. The van der Waals surface area contributed by atoms with Crippen LogP contribution in [-0.2, 0) is 23.1 Å². The van der Waals surface area contributed by atoms with E-state index in [9.17, 15) is 4.21 Å². The summed E-state index contributed by atoms with van der Waals surface area (Å²) in [7, 11) is -1.04. The maximum Gasteiger partial charge on any atom is 0.239 e. The van der Waals surface area contributed by atoms with E-state index >= 15 is 0 Å². The average molecular weight is 308 g/mol. The van der Waals surface area contributed by atoms with Gasteiger partial charge in [-0.25, -0.2) is 0 Å². The Morgan fingerprint density at radius 1 is 1.40 bits per heavy atom. The van der Waals surface area contributed by atoms with Gasteiger partial charge < -0.3 is 4.52 Å². The number of hydrogen-bond acceptors (Lipinski definition) is 6. The van der Waals surface area contributed by atoms with Crippen LogP contribution >= 0.6 is 11.3 Å². The Morgan fingerprint density at radius 2 is 2.35 bits per heavy atom. The molecule has 0 saturated heterocycles. The van der Waals surface area contributed by atoms with Gasteiger partial charge in [-0.2, -0.15) is 10.1 Å². The Hall–Kier alpha value is -1.80. The van der Waals surface area contributed by atoms with Gasteiger partial charge in [-0.15, -0.1) is 11.3 Å². The average Bonchev–Trinajstić information content (AvgIpc) is 3.18. The van der Waals surface area contributed by atoms with Crippen LogP contribution in [0.2, 0.25) is 0 Å². The predicted molar refractivity (Wildman–Crippen MR) is 76.6 cm³/mol. The van der Waals surface area contributed by atoms with Crippen LogP contribution in [0, 0.1) is 0 Å². The zero-order valence-corrected chi connectivity index (χ0v) is 12.1. The number of nitrogens with zero attached hydrogens (tertiary/aromatic N) is 4. The van der Waals surface area contributed by atoms with Crippen molar-refractivity contribution in [2.24, 2.45) is 0 Å². The summed E-state index contributed by atoms with van der Waals surface area (Å²) in [4.78, 5) is 5.20. The molecule has 8 heteroatoms. The molecule has 0 fully saturated rings. The fourth-order valence-corrected chi connectivity index (χ4v) is 3.23. The molecule has 0 spiro atoms. The van der Waals surface area contributed by atoms with E-state index in [2.05, 4.69) is 15.2 Å². The SMILES string of the molecule is O=[S@](CCn1cccn1)Cc1nc(-c2cccs2)no1. The molecule has 104 valence electrons. The summed E-state index contributed by atoms with van der Waals surface area (Å²) in [5.74, 6) is 1.75. The van der Waals surface area contributed by atoms with Gasteiger partial charge in [0.25, 0.3) is 0 Å². The van der Waals surface area contributed by atoms with E-state index in [-0.39, 0.29) is 5.75 Å². The second-order valence-electron chi connectivity index (χ2n) is 4.05. The van der Waals surface area contributed by atoms with E-state index < -0.39 is 10.8 Å². The Morgan fingerprint density at radius 3 is 3.10 bits per heavy atom. The Balaban J connectivity index is 1.56. The number of aryl methyl sites for hydroxylation is 1. The van der Waals surface area contributed by atoms with Crippen molar-refractivity contribution in [3.8, 4) is 10.7 Å². The largest absolute Gasteiger partial charge is 0.338 e. The fraction of sp³-hybridized carbons (Fsp3) is 0.250. The van der Waals surface area contributed by atoms with Gasteiger partial charge >= 0.3 is 0 Å². The minimum Gasteiger partial charge on any atom is -0.338 e. The van der Waals surface area contributed by atoms with Crippen LogP contribution in [0.25, 0.3) is 10.7 Å². The van der Waals surface area contributed by atoms with E-state index in [1.807, 2.05) is 29.8 Å². The monoisotopic (exact) mass is 308 g/mol. The molecule has 0 aromatic carbocycles. The van der Waals surface area contributed by atoms with Gasteiger partial charge in [0.1, 0.15) is 5.75 Å². The summed E-state index contributed by atoms with van der Waals surface area (Å²) in [6, 6.07) is 5.69. The Labute approximate surface area is 121 Å². The first kappa shape index (κ1) is 13.2. The predicted octanol–water partition coefficient (Wildman–Crippen LogP) is 1.94. The first-order chi connectivity index (χ1) is 9.81. The summed E-state index contributed by atoms with van der Waals surface area (Å²) < 4.78 is 18.8. The van der Waals surface area contributed by atoms with Gasteiger partial charge in [-0.05, 0) is 17.5 Å². The lowest BCUT2D eigenvalue weighted by atomic mass is 10.4. The molecule has 6 nitrogen and oxygen atoms in total. The quantitative estimate of drug-likeness (QED) is 0.696. The Kier molecular flexibility index (Phi) is 4.03. The lowest BCUT2D eigenvalue weighted by Gasteiger charge is -1.99. The zero-order chi connectivity index (χ0) is 13.8. The van der Waals surface area contributed by atoms with Gasteiger partial charge in [0.15, 0.2) is 0 Å². The van der Waals surface area contributed by atoms with Gasteiger partial charge in [0.2, 0.25) is 11.7 Å². The standard InChI is InChI=1S/C12H12N4O2S2/c17-20(8-6-16-5-2-4-13-16)9-11-14-12(15-18-11)10-3-1-7-19-10/h1-5,7H,6,8-9H2/t20-/m1/s1. The first-order valence-electron chi connectivity index (χ1n) is 6.00. The van der Waals surface area contributed by atoms with E-state index in [0.29, 0.717) is 24.0 Å². The van der Waals surface area contributed by atoms with Crippen molar-refractivity contribution in [2.75, 3.05) is 5.75 Å². The molecular formula is C12H12N4O2S2. The zero-order valence-electron chi connectivity index (χ0n) is 10.5. The fourth-order valence-electron chi connectivity index (χ4n) is 1.66. The first-order valence-corrected chi connectivity index (χ1v) is 8.37. The molecule has 20 heavy (non-hydrogen) atoms. The Bertz CT molecular complexity index is 676. The van der Waals surface area contributed by atoms with Crippen molar-refractivity contribution in [3.63, 3.8) is 0 Å². The van der Waals surface area contributed by atoms with Gasteiger partial charge in [0.05, 0.1) is 11.4 Å². The number of rotatable bonds is 6. The summed E-state index contributed by atoms with van der Waals surface area (Å²) in [6.07, 6.45) is 3.55. The number of hydrogen-bond donors (Lipinski definition) is 0. The van der Waals surface area contributed by atoms with Crippen LogP contribution in [0.3, 0.4) is 0 Å². The summed E-state index contributed by atoms with van der Waals surface area (Å²) >= 11 is 1.54. The normalized spacial score (nSPS) is 12.6. The molecule has 3 rings (SSSR count). The third-order valence-electron chi connectivity index (χ3n) is 2.60. The van der Waals surface area contributed by atoms with Gasteiger partial charge in [-0.1, -0.05) is 11.2 Å². The lowest BCUT2D eigenvalue weighted by molar-refractivity contribution is 0.391. The van der Waals surface area contributed by atoms with Crippen molar-refractivity contribution >= 4 is 22.1 Å². The molecule has 0 amide bonds. The molecule has 0 N–H and O–H groups in total. The molecule has 3 heterocycles. The molecule has 0 aliphatic heterocycles. The molecule has 0 radical (unpaired) electrons. The van der Waals surface area contributed by atoms with Crippen LogP contribution in [0.1, 0.15) is 5.89 Å². The van der Waals surface area contributed by atoms with E-state index in [0.717, 1.165) is 4.88 Å². The molecule has 0 bridgehead atoms. The highest BCUT2D eigenvalue weighted by atomic mass is 32.2. The second kappa shape index (κ2) is 6.10. The summed E-state index contributed by atoms with van der Waals surface area (Å²) in [6.45, 7) is 0.617. The van der Waals surface area contributed by atoms with E-state index in [4.69, 9.17) is 4.52 Å². The highest BCUT2D eigenvalue weighted by molar-refractivity contribution is 7.84. The molecule has 0 aliphatic rings. The molecule has 1 atom stereocenters. The second-order valence-corrected chi connectivity index (χ2v) is 6.57. The van der Waals surface area contributed by atoms with Crippen molar-refractivity contribution < 1.29 is 8.73 Å². The summed E-state index contributed by atoms with van der Waals surface area (Å²) in [5.41, 5.74) is 0. The minimum atomic E-state index is -1.04. The molecule has 0 saturated carbocycles. The molecule has 0 unspecified atom stereocenters. The highest BCUT2D eigenvalue weighted by Crippen LogP contribution is 2.21.